The van der Waals surface area contributed by atoms with Gasteiger partial charge in [0, 0.05) is 14.3 Å². The Bertz CT molecular complexity index is 622. The Morgan fingerprint density at radius 1 is 1.23 bits per heavy atom. The van der Waals surface area contributed by atoms with Gasteiger partial charge in [0.1, 0.15) is 6.04 Å². The molecule has 0 aliphatic rings. The highest BCUT2D eigenvalue weighted by molar-refractivity contribution is 9.10. The second-order valence-corrected chi connectivity index (χ2v) is 6.53. The molecule has 0 saturated heterocycles. The predicted octanol–water partition coefficient (Wildman–Crippen LogP) is 4.06. The molecule has 1 atom stereocenters. The van der Waals surface area contributed by atoms with Gasteiger partial charge in [-0.15, -0.1) is 12.4 Å². The van der Waals surface area contributed by atoms with Crippen LogP contribution in [0.4, 0.5) is 0 Å². The monoisotopic (exact) mass is 401 g/mol. The third-order valence-corrected chi connectivity index (χ3v) is 4.61. The molecule has 118 valence electrons. The summed E-state index contributed by atoms with van der Waals surface area (Å²) in [5.41, 5.74) is 6.90. The molecule has 2 rings (SSSR count). The molecule has 2 N–H and O–H groups in total. The van der Waals surface area contributed by atoms with Gasteiger partial charge in [-0.2, -0.15) is 0 Å². The van der Waals surface area contributed by atoms with E-state index in [-0.39, 0.29) is 12.4 Å². The maximum Gasteiger partial charge on any atom is 0.322 e. The summed E-state index contributed by atoms with van der Waals surface area (Å²) in [4.78, 5) is 13.7. The molecule has 0 heterocycles. The van der Waals surface area contributed by atoms with Crippen LogP contribution in [0.3, 0.4) is 0 Å². The maximum absolute atomic E-state index is 11.5. The van der Waals surface area contributed by atoms with Gasteiger partial charge in [-0.05, 0) is 42.3 Å². The van der Waals surface area contributed by atoms with Crippen molar-refractivity contribution >= 4 is 46.1 Å². The fourth-order valence-corrected chi connectivity index (χ4v) is 3.09. The molecule has 0 aliphatic heterocycles. The van der Waals surface area contributed by atoms with E-state index in [0.717, 1.165) is 19.8 Å². The van der Waals surface area contributed by atoms with Crippen molar-refractivity contribution < 1.29 is 9.53 Å². The Labute approximate surface area is 149 Å². The van der Waals surface area contributed by atoms with Crippen molar-refractivity contribution in [2.45, 2.75) is 22.3 Å². The Morgan fingerprint density at radius 2 is 1.86 bits per heavy atom. The largest absolute Gasteiger partial charge is 0.468 e. The molecule has 0 bridgehead atoms. The van der Waals surface area contributed by atoms with E-state index in [4.69, 9.17) is 5.73 Å². The van der Waals surface area contributed by atoms with Gasteiger partial charge in [-0.25, -0.2) is 0 Å². The summed E-state index contributed by atoms with van der Waals surface area (Å²) < 4.78 is 5.73. The van der Waals surface area contributed by atoms with Gasteiger partial charge in [-0.1, -0.05) is 45.9 Å². The third kappa shape index (κ3) is 5.32. The number of carbonyl (C=O) groups excluding carboxylic acids is 1. The van der Waals surface area contributed by atoms with Crippen LogP contribution in [-0.2, 0) is 16.0 Å². The second kappa shape index (κ2) is 9.20. The molecule has 3 nitrogen and oxygen atoms in total. The van der Waals surface area contributed by atoms with Crippen molar-refractivity contribution in [1.82, 2.24) is 0 Å². The van der Waals surface area contributed by atoms with Gasteiger partial charge in [-0.3, -0.25) is 4.79 Å². The van der Waals surface area contributed by atoms with Gasteiger partial charge >= 0.3 is 5.97 Å². The smallest absolute Gasteiger partial charge is 0.322 e. The summed E-state index contributed by atoms with van der Waals surface area (Å²) in [6.07, 6.45) is 0.465. The second-order valence-electron chi connectivity index (χ2n) is 4.50. The van der Waals surface area contributed by atoms with Gasteiger partial charge in [0.2, 0.25) is 0 Å². The molecule has 0 fully saturated rings. The molecular formula is C16H17BrClNO2S. The molecule has 0 spiro atoms. The highest BCUT2D eigenvalue weighted by Gasteiger charge is 2.16. The van der Waals surface area contributed by atoms with E-state index in [2.05, 4.69) is 20.7 Å². The zero-order valence-corrected chi connectivity index (χ0v) is 15.2. The van der Waals surface area contributed by atoms with Crippen molar-refractivity contribution in [1.29, 1.82) is 0 Å². The third-order valence-electron chi connectivity index (χ3n) is 2.96. The van der Waals surface area contributed by atoms with E-state index < -0.39 is 12.0 Å². The van der Waals surface area contributed by atoms with Crippen LogP contribution in [0.5, 0.6) is 0 Å². The van der Waals surface area contributed by atoms with Crippen LogP contribution in [0.15, 0.2) is 62.8 Å². The van der Waals surface area contributed by atoms with Crippen LogP contribution < -0.4 is 5.73 Å². The van der Waals surface area contributed by atoms with Crippen LogP contribution in [0.2, 0.25) is 0 Å². The van der Waals surface area contributed by atoms with Crippen molar-refractivity contribution in [3.63, 3.8) is 0 Å². The summed E-state index contributed by atoms with van der Waals surface area (Å²) in [6, 6.07) is 15.4. The first-order chi connectivity index (χ1) is 10.1. The number of hydrogen-bond donors (Lipinski definition) is 1. The van der Waals surface area contributed by atoms with E-state index >= 15 is 0 Å². The highest BCUT2D eigenvalue weighted by atomic mass is 79.9. The minimum Gasteiger partial charge on any atom is -0.468 e. The van der Waals surface area contributed by atoms with Crippen LogP contribution in [-0.4, -0.2) is 19.1 Å². The van der Waals surface area contributed by atoms with Crippen molar-refractivity contribution in [3.05, 3.63) is 58.6 Å². The zero-order valence-electron chi connectivity index (χ0n) is 12.0. The van der Waals surface area contributed by atoms with Crippen molar-refractivity contribution in [2.75, 3.05) is 7.11 Å². The summed E-state index contributed by atoms with van der Waals surface area (Å²) in [6.45, 7) is 0. The van der Waals surface area contributed by atoms with Gasteiger partial charge in [0.25, 0.3) is 0 Å². The maximum atomic E-state index is 11.5. The lowest BCUT2D eigenvalue weighted by Gasteiger charge is -2.13. The normalized spacial score (nSPS) is 11.4. The molecule has 2 aromatic rings. The number of nitrogens with two attached hydrogens (primary N) is 1. The minimum atomic E-state index is -0.637. The Kier molecular flexibility index (Phi) is 7.96. The van der Waals surface area contributed by atoms with Gasteiger partial charge < -0.3 is 10.5 Å². The lowest BCUT2D eigenvalue weighted by molar-refractivity contribution is -0.142. The summed E-state index contributed by atoms with van der Waals surface area (Å²) in [5.74, 6) is -0.390. The number of esters is 1. The molecule has 0 aromatic heterocycles. The molecule has 0 saturated carbocycles. The minimum absolute atomic E-state index is 0. The average molecular weight is 403 g/mol. The standard InChI is InChI=1S/C16H16BrNO2S.ClH/c1-20-16(19)14(18)10-11-4-2-3-5-15(11)21-13-8-6-12(17)7-9-13;/h2-9,14H,10,18H2,1H3;1H/t14-;/m0./s1. The fraction of sp³-hybridized carbons (Fsp3) is 0.188. The number of halogens is 2. The number of methoxy groups -OCH3 is 1. The van der Waals surface area contributed by atoms with Crippen LogP contribution in [0.25, 0.3) is 0 Å². The van der Waals surface area contributed by atoms with E-state index in [1.807, 2.05) is 48.5 Å². The van der Waals surface area contributed by atoms with Crippen LogP contribution in [0, 0.1) is 0 Å². The number of benzene rings is 2. The molecule has 2 aromatic carbocycles. The van der Waals surface area contributed by atoms with Crippen LogP contribution in [0.1, 0.15) is 5.56 Å². The Balaban J connectivity index is 0.00000242. The van der Waals surface area contributed by atoms with E-state index in [0.29, 0.717) is 6.42 Å². The highest BCUT2D eigenvalue weighted by Crippen LogP contribution is 2.31. The lowest BCUT2D eigenvalue weighted by atomic mass is 10.1. The molecule has 6 heteroatoms. The summed E-state index contributed by atoms with van der Waals surface area (Å²) in [7, 11) is 1.35. The van der Waals surface area contributed by atoms with Crippen molar-refractivity contribution in [2.24, 2.45) is 5.73 Å². The number of hydrogen-bond acceptors (Lipinski definition) is 4. The first-order valence-corrected chi connectivity index (χ1v) is 8.06. The SMILES string of the molecule is COC(=O)[C@@H](N)Cc1ccccc1Sc1ccc(Br)cc1.Cl. The first-order valence-electron chi connectivity index (χ1n) is 6.45. The van der Waals surface area contributed by atoms with E-state index in [1.165, 1.54) is 7.11 Å². The molecule has 0 radical (unpaired) electrons. The quantitative estimate of drug-likeness (QED) is 0.766. The molecule has 0 unspecified atom stereocenters. The summed E-state index contributed by atoms with van der Waals surface area (Å²) >= 11 is 5.08. The predicted molar refractivity (Wildman–Crippen MR) is 95.7 cm³/mol. The van der Waals surface area contributed by atoms with Gasteiger partial charge in [0.15, 0.2) is 0 Å². The van der Waals surface area contributed by atoms with Crippen LogP contribution >= 0.6 is 40.1 Å². The summed E-state index contributed by atoms with van der Waals surface area (Å²) in [5, 5.41) is 0. The fourth-order valence-electron chi connectivity index (χ4n) is 1.87. The van der Waals surface area contributed by atoms with E-state index in [1.54, 1.807) is 11.8 Å². The number of ether oxygens (including phenoxy) is 1. The van der Waals surface area contributed by atoms with E-state index in [9.17, 15) is 4.79 Å². The number of carbonyl (C=O) groups is 1. The molecule has 0 aliphatic carbocycles. The Morgan fingerprint density at radius 3 is 2.50 bits per heavy atom. The Hall–Kier alpha value is -1.01. The first kappa shape index (κ1) is 19.0. The molecular weight excluding hydrogens is 386 g/mol. The lowest BCUT2D eigenvalue weighted by Crippen LogP contribution is -2.33. The zero-order chi connectivity index (χ0) is 15.2. The van der Waals surface area contributed by atoms with Gasteiger partial charge in [0.05, 0.1) is 7.11 Å². The topological polar surface area (TPSA) is 52.3 Å². The molecule has 22 heavy (non-hydrogen) atoms. The molecule has 0 amide bonds. The average Bonchev–Trinajstić information content (AvgIpc) is 2.50. The van der Waals surface area contributed by atoms with Crippen molar-refractivity contribution in [3.8, 4) is 0 Å². The number of rotatable bonds is 5.